The minimum atomic E-state index is -0.841. The van der Waals surface area contributed by atoms with E-state index in [2.05, 4.69) is 22.1 Å². The predicted octanol–water partition coefficient (Wildman–Crippen LogP) is 7.56. The predicted molar refractivity (Wildman–Crippen MR) is 169 cm³/mol. The van der Waals surface area contributed by atoms with Gasteiger partial charge in [0.2, 0.25) is 6.10 Å². The van der Waals surface area contributed by atoms with Gasteiger partial charge in [0.25, 0.3) is 0 Å². The number of esters is 1. The molecule has 226 valence electrons. The Morgan fingerprint density at radius 2 is 1.74 bits per heavy atom. The number of benzene rings is 3. The number of fused-ring (bicyclic) bond motifs is 1. The first kappa shape index (κ1) is 30.1. The van der Waals surface area contributed by atoms with Crippen LogP contribution in [0.5, 0.6) is 5.75 Å². The van der Waals surface area contributed by atoms with Crippen LogP contribution in [0.1, 0.15) is 81.8 Å². The van der Waals surface area contributed by atoms with E-state index in [1.807, 2.05) is 72.8 Å². The van der Waals surface area contributed by atoms with Crippen LogP contribution < -0.4 is 15.4 Å². The molecule has 0 bridgehead atoms. The van der Waals surface area contributed by atoms with Crippen LogP contribution in [0, 0.1) is 0 Å². The third-order valence-corrected chi connectivity index (χ3v) is 7.90. The maximum atomic E-state index is 12.7. The van der Waals surface area contributed by atoms with E-state index in [4.69, 9.17) is 14.5 Å². The number of rotatable bonds is 12. The van der Waals surface area contributed by atoms with Gasteiger partial charge in [0.15, 0.2) is 0 Å². The Hall–Kier alpha value is -4.33. The summed E-state index contributed by atoms with van der Waals surface area (Å²) in [6.45, 7) is 4.87. The van der Waals surface area contributed by atoms with Crippen LogP contribution in [0.15, 0.2) is 72.8 Å². The Balaban J connectivity index is 1.34. The van der Waals surface area contributed by atoms with Gasteiger partial charge in [-0.25, -0.2) is 14.6 Å². The standard InChI is InChI=1S/C35H42N4O4/c1-3-5-16-32-38-30-22-19-28(37-35(41)36-27-14-10-7-11-15-27)23-31(30)39(32)24-25-17-20-29(21-18-25)43-33(34(40)42-4-2)26-12-8-6-9-13-26/h6,8-9,12-13,17-23,27,33H,3-5,7,10-11,14-16,24H2,1-2H3,(H2,36,37,41). The van der Waals surface area contributed by atoms with Crippen LogP contribution in [0.4, 0.5) is 10.5 Å². The zero-order valence-electron chi connectivity index (χ0n) is 25.2. The lowest BCUT2D eigenvalue weighted by Gasteiger charge is -2.22. The number of anilines is 1. The number of ether oxygens (including phenoxy) is 2. The van der Waals surface area contributed by atoms with Gasteiger partial charge >= 0.3 is 12.0 Å². The highest BCUT2D eigenvalue weighted by Crippen LogP contribution is 2.27. The topological polar surface area (TPSA) is 94.5 Å². The molecule has 2 amide bonds. The van der Waals surface area contributed by atoms with Crippen molar-refractivity contribution in [3.05, 3.63) is 89.7 Å². The molecule has 8 nitrogen and oxygen atoms in total. The fraction of sp³-hybridized carbons (Fsp3) is 0.400. The average Bonchev–Trinajstić information content (AvgIpc) is 3.36. The molecule has 2 N–H and O–H groups in total. The molecule has 1 fully saturated rings. The molecule has 0 radical (unpaired) electrons. The van der Waals surface area contributed by atoms with Crippen molar-refractivity contribution in [2.24, 2.45) is 0 Å². The van der Waals surface area contributed by atoms with Crippen LogP contribution in [0.3, 0.4) is 0 Å². The number of aromatic nitrogens is 2. The number of urea groups is 1. The van der Waals surface area contributed by atoms with Gasteiger partial charge in [0, 0.05) is 30.3 Å². The van der Waals surface area contributed by atoms with Gasteiger partial charge in [0.05, 0.1) is 17.6 Å². The highest BCUT2D eigenvalue weighted by molar-refractivity contribution is 5.92. The van der Waals surface area contributed by atoms with Crippen LogP contribution in [-0.4, -0.2) is 34.2 Å². The summed E-state index contributed by atoms with van der Waals surface area (Å²) in [5.41, 5.74) is 4.45. The second-order valence-corrected chi connectivity index (χ2v) is 11.2. The van der Waals surface area contributed by atoms with E-state index in [1.54, 1.807) is 6.92 Å². The van der Waals surface area contributed by atoms with E-state index < -0.39 is 12.1 Å². The second-order valence-electron chi connectivity index (χ2n) is 11.2. The molecule has 5 rings (SSSR count). The smallest absolute Gasteiger partial charge is 0.352 e. The summed E-state index contributed by atoms with van der Waals surface area (Å²) in [6.07, 6.45) is 7.82. The van der Waals surface area contributed by atoms with Gasteiger partial charge < -0.3 is 24.7 Å². The van der Waals surface area contributed by atoms with E-state index >= 15 is 0 Å². The third kappa shape index (κ3) is 7.95. The van der Waals surface area contributed by atoms with Crippen LogP contribution in [0.25, 0.3) is 11.0 Å². The molecule has 43 heavy (non-hydrogen) atoms. The number of aryl methyl sites for hydroxylation is 1. The number of nitrogens with one attached hydrogen (secondary N) is 2. The van der Waals surface area contributed by atoms with Crippen molar-refractivity contribution in [1.29, 1.82) is 0 Å². The number of imidazole rings is 1. The molecule has 0 aliphatic heterocycles. The molecule has 1 unspecified atom stereocenters. The Bertz CT molecular complexity index is 1490. The van der Waals surface area contributed by atoms with E-state index in [0.29, 0.717) is 12.3 Å². The Morgan fingerprint density at radius 1 is 0.977 bits per heavy atom. The quantitative estimate of drug-likeness (QED) is 0.168. The Morgan fingerprint density at radius 3 is 2.47 bits per heavy atom. The van der Waals surface area contributed by atoms with Gasteiger partial charge in [-0.15, -0.1) is 0 Å². The van der Waals surface area contributed by atoms with Gasteiger partial charge in [-0.2, -0.15) is 0 Å². The Kier molecular flexibility index (Phi) is 10.3. The van der Waals surface area contributed by atoms with E-state index in [0.717, 1.165) is 65.8 Å². The van der Waals surface area contributed by atoms with Gasteiger partial charge in [-0.3, -0.25) is 0 Å². The molecule has 4 aromatic rings. The van der Waals surface area contributed by atoms with Crippen molar-refractivity contribution < 1.29 is 19.1 Å². The molecule has 1 saturated carbocycles. The van der Waals surface area contributed by atoms with Crippen LogP contribution in [0.2, 0.25) is 0 Å². The largest absolute Gasteiger partial charge is 0.474 e. The molecular formula is C35H42N4O4. The summed E-state index contributed by atoms with van der Waals surface area (Å²) in [4.78, 5) is 30.4. The molecule has 0 spiro atoms. The monoisotopic (exact) mass is 582 g/mol. The zero-order chi connectivity index (χ0) is 30.0. The van der Waals surface area contributed by atoms with Crippen molar-refractivity contribution >= 4 is 28.7 Å². The molecule has 1 heterocycles. The van der Waals surface area contributed by atoms with Crippen molar-refractivity contribution in [2.45, 2.75) is 83.9 Å². The molecule has 1 aromatic heterocycles. The first-order valence-corrected chi connectivity index (χ1v) is 15.6. The Labute approximate surface area is 253 Å². The highest BCUT2D eigenvalue weighted by Gasteiger charge is 2.24. The summed E-state index contributed by atoms with van der Waals surface area (Å²) in [6, 6.07) is 23.2. The molecule has 8 heteroatoms. The van der Waals surface area contributed by atoms with Crippen molar-refractivity contribution in [3.8, 4) is 5.75 Å². The summed E-state index contributed by atoms with van der Waals surface area (Å²) >= 11 is 0. The maximum Gasteiger partial charge on any atom is 0.352 e. The lowest BCUT2D eigenvalue weighted by atomic mass is 9.96. The summed E-state index contributed by atoms with van der Waals surface area (Å²) < 4.78 is 13.6. The lowest BCUT2D eigenvalue weighted by Crippen LogP contribution is -2.39. The minimum absolute atomic E-state index is 0.157. The first-order valence-electron chi connectivity index (χ1n) is 15.6. The molecule has 1 aliphatic rings. The van der Waals surface area contributed by atoms with E-state index in [1.165, 1.54) is 19.3 Å². The zero-order valence-corrected chi connectivity index (χ0v) is 25.2. The lowest BCUT2D eigenvalue weighted by molar-refractivity contribution is -0.151. The highest BCUT2D eigenvalue weighted by atomic mass is 16.6. The SMILES string of the molecule is CCCCc1nc2ccc(NC(=O)NC3CCCCC3)cc2n1Cc1ccc(OC(C(=O)OCC)c2ccccc2)cc1. The number of nitrogens with zero attached hydrogens (tertiary/aromatic N) is 2. The maximum absolute atomic E-state index is 12.7. The minimum Gasteiger partial charge on any atom is -0.474 e. The molecule has 3 aromatic carbocycles. The number of hydrogen-bond acceptors (Lipinski definition) is 5. The number of carbonyl (C=O) groups is 2. The summed E-state index contributed by atoms with van der Waals surface area (Å²) in [7, 11) is 0. The molecule has 1 atom stereocenters. The third-order valence-electron chi connectivity index (χ3n) is 7.90. The van der Waals surface area contributed by atoms with Gasteiger partial charge in [-0.1, -0.05) is 75.1 Å². The van der Waals surface area contributed by atoms with Crippen molar-refractivity contribution in [3.63, 3.8) is 0 Å². The normalized spacial score (nSPS) is 14.3. The number of amides is 2. The molecular weight excluding hydrogens is 540 g/mol. The first-order chi connectivity index (χ1) is 21.0. The fourth-order valence-corrected chi connectivity index (χ4v) is 5.64. The number of carbonyl (C=O) groups excluding carboxylic acids is 2. The number of unbranched alkanes of at least 4 members (excludes halogenated alkanes) is 1. The van der Waals surface area contributed by atoms with Crippen LogP contribution >= 0.6 is 0 Å². The fourth-order valence-electron chi connectivity index (χ4n) is 5.64. The number of hydrogen-bond donors (Lipinski definition) is 2. The van der Waals surface area contributed by atoms with Crippen molar-refractivity contribution in [1.82, 2.24) is 14.9 Å². The molecule has 1 aliphatic carbocycles. The van der Waals surface area contributed by atoms with Gasteiger partial charge in [-0.05, 0) is 62.1 Å². The summed E-state index contributed by atoms with van der Waals surface area (Å²) in [5.74, 6) is 1.19. The average molecular weight is 583 g/mol. The van der Waals surface area contributed by atoms with E-state index in [9.17, 15) is 9.59 Å². The van der Waals surface area contributed by atoms with Gasteiger partial charge in [0.1, 0.15) is 11.6 Å². The van der Waals surface area contributed by atoms with Crippen LogP contribution in [-0.2, 0) is 22.5 Å². The summed E-state index contributed by atoms with van der Waals surface area (Å²) in [5, 5.41) is 6.17. The molecule has 0 saturated heterocycles. The van der Waals surface area contributed by atoms with E-state index in [-0.39, 0.29) is 18.7 Å². The second kappa shape index (κ2) is 14.7. The van der Waals surface area contributed by atoms with Crippen molar-refractivity contribution in [2.75, 3.05) is 11.9 Å².